The van der Waals surface area contributed by atoms with Crippen LogP contribution in [0.4, 0.5) is 15.9 Å². The molecular formula is C20H21FN6O. The fourth-order valence-corrected chi connectivity index (χ4v) is 3.27. The molecule has 0 saturated carbocycles. The zero-order chi connectivity index (χ0) is 19.3. The summed E-state index contributed by atoms with van der Waals surface area (Å²) in [6.45, 7) is 3.33. The van der Waals surface area contributed by atoms with Crippen LogP contribution in [0.2, 0.25) is 0 Å². The summed E-state index contributed by atoms with van der Waals surface area (Å²) in [5.74, 6) is 0.562. The standard InChI is InChI=1S/C20H21FN6O/c21-15-1-3-16(4-2-15)26-11-13-27(14-12-26)19(28)7-8-23-18-6-5-17-20(25-18)24-10-9-22-17/h1-6,9-10H,7-8,11-14H2,(H,23,24,25). The Bertz CT molecular complexity index is 956. The van der Waals surface area contributed by atoms with Gasteiger partial charge in [-0.3, -0.25) is 9.78 Å². The molecular weight excluding hydrogens is 359 g/mol. The smallest absolute Gasteiger partial charge is 0.224 e. The van der Waals surface area contributed by atoms with Gasteiger partial charge in [-0.2, -0.15) is 0 Å². The number of rotatable bonds is 5. The molecule has 0 spiro atoms. The first-order chi connectivity index (χ1) is 13.7. The van der Waals surface area contributed by atoms with Crippen LogP contribution in [-0.4, -0.2) is 58.5 Å². The summed E-state index contributed by atoms with van der Waals surface area (Å²) in [6, 6.07) is 10.2. The van der Waals surface area contributed by atoms with Crippen LogP contribution < -0.4 is 10.2 Å². The molecule has 0 aliphatic carbocycles. The number of carbonyl (C=O) groups excluding carboxylic acids is 1. The van der Waals surface area contributed by atoms with Crippen molar-refractivity contribution in [1.29, 1.82) is 0 Å². The Morgan fingerprint density at radius 1 is 1.00 bits per heavy atom. The van der Waals surface area contributed by atoms with E-state index in [9.17, 15) is 9.18 Å². The van der Waals surface area contributed by atoms with Crippen molar-refractivity contribution in [3.05, 3.63) is 54.6 Å². The fraction of sp³-hybridized carbons (Fsp3) is 0.300. The van der Waals surface area contributed by atoms with Crippen molar-refractivity contribution in [2.45, 2.75) is 6.42 Å². The van der Waals surface area contributed by atoms with E-state index < -0.39 is 0 Å². The normalized spacial score (nSPS) is 14.3. The van der Waals surface area contributed by atoms with Gasteiger partial charge in [0.15, 0.2) is 5.65 Å². The second kappa shape index (κ2) is 8.16. The van der Waals surface area contributed by atoms with E-state index in [1.807, 2.05) is 17.0 Å². The molecule has 0 atom stereocenters. The molecule has 1 N–H and O–H groups in total. The third kappa shape index (κ3) is 4.16. The Labute approximate surface area is 162 Å². The predicted octanol–water partition coefficient (Wildman–Crippen LogP) is 2.31. The maximum absolute atomic E-state index is 13.1. The van der Waals surface area contributed by atoms with Crippen LogP contribution in [0.15, 0.2) is 48.8 Å². The van der Waals surface area contributed by atoms with E-state index in [0.717, 1.165) is 24.3 Å². The highest BCUT2D eigenvalue weighted by Crippen LogP contribution is 2.17. The number of aromatic nitrogens is 3. The predicted molar refractivity (Wildman–Crippen MR) is 106 cm³/mol. The number of halogens is 1. The van der Waals surface area contributed by atoms with E-state index in [-0.39, 0.29) is 11.7 Å². The third-order valence-corrected chi connectivity index (χ3v) is 4.80. The molecule has 0 radical (unpaired) electrons. The molecule has 7 nitrogen and oxygen atoms in total. The van der Waals surface area contributed by atoms with Gasteiger partial charge < -0.3 is 15.1 Å². The molecule has 1 saturated heterocycles. The Hall–Kier alpha value is -3.29. The van der Waals surface area contributed by atoms with E-state index in [2.05, 4.69) is 25.2 Å². The van der Waals surface area contributed by atoms with Gasteiger partial charge in [0.05, 0.1) is 0 Å². The van der Waals surface area contributed by atoms with E-state index in [1.165, 1.54) is 12.1 Å². The van der Waals surface area contributed by atoms with Crippen molar-refractivity contribution in [3.8, 4) is 0 Å². The molecule has 3 heterocycles. The molecule has 1 aliphatic rings. The Balaban J connectivity index is 1.24. The first-order valence-electron chi connectivity index (χ1n) is 9.29. The molecule has 1 amide bonds. The van der Waals surface area contributed by atoms with Crippen LogP contribution in [0.25, 0.3) is 11.2 Å². The number of nitrogens with one attached hydrogen (secondary N) is 1. The maximum Gasteiger partial charge on any atom is 0.224 e. The summed E-state index contributed by atoms with van der Waals surface area (Å²) in [5, 5.41) is 3.17. The highest BCUT2D eigenvalue weighted by atomic mass is 19.1. The third-order valence-electron chi connectivity index (χ3n) is 4.80. The van der Waals surface area contributed by atoms with E-state index in [0.29, 0.717) is 37.5 Å². The molecule has 0 bridgehead atoms. The van der Waals surface area contributed by atoms with Crippen LogP contribution in [0.1, 0.15) is 6.42 Å². The zero-order valence-corrected chi connectivity index (χ0v) is 15.4. The highest BCUT2D eigenvalue weighted by molar-refractivity contribution is 5.77. The molecule has 28 heavy (non-hydrogen) atoms. The number of benzene rings is 1. The molecule has 2 aromatic heterocycles. The Morgan fingerprint density at radius 3 is 2.54 bits per heavy atom. The van der Waals surface area contributed by atoms with Gasteiger partial charge in [-0.15, -0.1) is 0 Å². The van der Waals surface area contributed by atoms with Gasteiger partial charge in [-0.1, -0.05) is 0 Å². The maximum atomic E-state index is 13.1. The summed E-state index contributed by atoms with van der Waals surface area (Å²) in [5.41, 5.74) is 2.31. The summed E-state index contributed by atoms with van der Waals surface area (Å²) in [7, 11) is 0. The minimum absolute atomic E-state index is 0.117. The van der Waals surface area contributed by atoms with Crippen molar-refractivity contribution in [3.63, 3.8) is 0 Å². The molecule has 1 aromatic carbocycles. The number of anilines is 2. The second-order valence-electron chi connectivity index (χ2n) is 6.62. The molecule has 0 unspecified atom stereocenters. The van der Waals surface area contributed by atoms with Crippen molar-refractivity contribution in [2.75, 3.05) is 42.9 Å². The van der Waals surface area contributed by atoms with Crippen LogP contribution >= 0.6 is 0 Å². The summed E-state index contributed by atoms with van der Waals surface area (Å²) >= 11 is 0. The number of piperazine rings is 1. The van der Waals surface area contributed by atoms with Crippen LogP contribution in [0, 0.1) is 5.82 Å². The monoisotopic (exact) mass is 380 g/mol. The van der Waals surface area contributed by atoms with Gasteiger partial charge in [0, 0.05) is 57.2 Å². The van der Waals surface area contributed by atoms with Crippen molar-refractivity contribution >= 4 is 28.6 Å². The number of hydrogen-bond donors (Lipinski definition) is 1. The molecule has 3 aromatic rings. The quantitative estimate of drug-likeness (QED) is 0.732. The molecule has 1 aliphatic heterocycles. The fourth-order valence-electron chi connectivity index (χ4n) is 3.27. The van der Waals surface area contributed by atoms with Crippen molar-refractivity contribution in [1.82, 2.24) is 19.9 Å². The first kappa shape index (κ1) is 18.1. The number of pyridine rings is 1. The van der Waals surface area contributed by atoms with Gasteiger partial charge in [0.25, 0.3) is 0 Å². The topological polar surface area (TPSA) is 74.2 Å². The largest absolute Gasteiger partial charge is 0.369 e. The minimum Gasteiger partial charge on any atom is -0.369 e. The number of carbonyl (C=O) groups is 1. The number of nitrogens with zero attached hydrogens (tertiary/aromatic N) is 5. The van der Waals surface area contributed by atoms with Crippen molar-refractivity contribution in [2.24, 2.45) is 0 Å². The van der Waals surface area contributed by atoms with Crippen LogP contribution in [0.5, 0.6) is 0 Å². The minimum atomic E-state index is -0.238. The summed E-state index contributed by atoms with van der Waals surface area (Å²) in [4.78, 5) is 29.3. The molecule has 144 valence electrons. The average Bonchev–Trinajstić information content (AvgIpc) is 2.74. The number of fused-ring (bicyclic) bond motifs is 1. The van der Waals surface area contributed by atoms with E-state index in [1.54, 1.807) is 24.5 Å². The number of amides is 1. The van der Waals surface area contributed by atoms with Gasteiger partial charge in [-0.25, -0.2) is 14.4 Å². The molecule has 8 heteroatoms. The van der Waals surface area contributed by atoms with Gasteiger partial charge in [0.2, 0.25) is 5.91 Å². The average molecular weight is 380 g/mol. The number of hydrogen-bond acceptors (Lipinski definition) is 6. The van der Waals surface area contributed by atoms with Gasteiger partial charge >= 0.3 is 0 Å². The lowest BCUT2D eigenvalue weighted by Gasteiger charge is -2.36. The van der Waals surface area contributed by atoms with E-state index in [4.69, 9.17) is 0 Å². The van der Waals surface area contributed by atoms with Crippen LogP contribution in [-0.2, 0) is 4.79 Å². The van der Waals surface area contributed by atoms with Gasteiger partial charge in [-0.05, 0) is 36.4 Å². The zero-order valence-electron chi connectivity index (χ0n) is 15.4. The summed E-state index contributed by atoms with van der Waals surface area (Å²) < 4.78 is 13.1. The highest BCUT2D eigenvalue weighted by Gasteiger charge is 2.21. The molecule has 1 fully saturated rings. The second-order valence-corrected chi connectivity index (χ2v) is 6.62. The molecule has 4 rings (SSSR count). The van der Waals surface area contributed by atoms with E-state index >= 15 is 0 Å². The SMILES string of the molecule is O=C(CCNc1ccc2nccnc2n1)N1CCN(c2ccc(F)cc2)CC1. The summed E-state index contributed by atoms with van der Waals surface area (Å²) in [6.07, 6.45) is 3.64. The Kier molecular flexibility index (Phi) is 5.27. The van der Waals surface area contributed by atoms with Crippen molar-refractivity contribution < 1.29 is 9.18 Å². The lowest BCUT2D eigenvalue weighted by atomic mass is 10.2. The Morgan fingerprint density at radius 2 is 1.75 bits per heavy atom. The lowest BCUT2D eigenvalue weighted by molar-refractivity contribution is -0.131. The first-order valence-corrected chi connectivity index (χ1v) is 9.29. The van der Waals surface area contributed by atoms with Gasteiger partial charge in [0.1, 0.15) is 17.2 Å². The lowest BCUT2D eigenvalue weighted by Crippen LogP contribution is -2.49. The van der Waals surface area contributed by atoms with Crippen LogP contribution in [0.3, 0.4) is 0 Å².